The van der Waals surface area contributed by atoms with E-state index in [9.17, 15) is 14.4 Å². The molecule has 0 unspecified atom stereocenters. The summed E-state index contributed by atoms with van der Waals surface area (Å²) < 4.78 is 6.45. The van der Waals surface area contributed by atoms with Crippen molar-refractivity contribution in [1.82, 2.24) is 10.6 Å². The molecule has 5 N–H and O–H groups in total. The molecule has 0 saturated heterocycles. The molecule has 0 rings (SSSR count). The Kier molecular flexibility index (Phi) is 6.56. The fourth-order valence-corrected chi connectivity index (χ4v) is 2.66. The number of hydrogen-bond acceptors (Lipinski definition) is 5. The first-order valence-electron chi connectivity index (χ1n) is 8.13. The van der Waals surface area contributed by atoms with Gasteiger partial charge in [0, 0.05) is 6.04 Å². The molecule has 0 aliphatic rings. The van der Waals surface area contributed by atoms with Gasteiger partial charge in [0.25, 0.3) is 1.43 Å². The molecular weight excluding hydrogens is 298 g/mol. The second-order valence-electron chi connectivity index (χ2n) is 8.09. The molecule has 2 amide bonds. The van der Waals surface area contributed by atoms with E-state index in [0.29, 0.717) is 0 Å². The zero-order chi connectivity index (χ0) is 19.3. The minimum atomic E-state index is -1.17. The Bertz CT molecular complexity index is 455. The number of aliphatic carboxylic acids is 1. The van der Waals surface area contributed by atoms with Gasteiger partial charge >= 0.3 is 5.97 Å². The van der Waals surface area contributed by atoms with E-state index in [-0.39, 0.29) is 22.8 Å². The fourth-order valence-electron chi connectivity index (χ4n) is 2.66. The highest BCUT2D eigenvalue weighted by Crippen LogP contribution is 2.33. The van der Waals surface area contributed by atoms with Crippen LogP contribution in [0.25, 0.3) is 1.43 Å². The summed E-state index contributed by atoms with van der Waals surface area (Å²) in [5, 5.41) is 9.17. The van der Waals surface area contributed by atoms with Crippen LogP contribution in [0.3, 0.4) is 0 Å². The summed E-state index contributed by atoms with van der Waals surface area (Å²) in [5.41, 5.74) is 5.23. The number of amides is 2. The minimum Gasteiger partial charge on any atom is -0.481 e. The number of carbonyl (C=O) groups is 3. The predicted octanol–water partition coefficient (Wildman–Crippen LogP) is 0.870. The number of carbonyl (C=O) groups excluding carboxylic acids is 2. The van der Waals surface area contributed by atoms with E-state index < -0.39 is 30.4 Å². The van der Waals surface area contributed by atoms with Crippen molar-refractivity contribution in [2.24, 2.45) is 16.6 Å². The van der Waals surface area contributed by atoms with E-state index >= 15 is 0 Å². The van der Waals surface area contributed by atoms with E-state index in [2.05, 4.69) is 15.7 Å². The summed E-state index contributed by atoms with van der Waals surface area (Å²) >= 11 is 0. The highest BCUT2D eigenvalue weighted by molar-refractivity contribution is 5.91. The second kappa shape index (κ2) is 7.77. The van der Waals surface area contributed by atoms with Gasteiger partial charge in [0.05, 0.1) is 12.5 Å². The number of rotatable bonds is 6. The molecule has 0 saturated carbocycles. The summed E-state index contributed by atoms with van der Waals surface area (Å²) in [6.45, 7) is 13.8. The van der Waals surface area contributed by atoms with Crippen molar-refractivity contribution >= 4 is 17.8 Å². The van der Waals surface area contributed by atoms with E-state index in [1.807, 2.05) is 41.5 Å². The molecule has 7 heteroatoms. The molecule has 7 nitrogen and oxygen atoms in total. The van der Waals surface area contributed by atoms with Crippen molar-refractivity contribution in [1.29, 1.82) is 1.43 Å². The standard InChI is InChI=1S/C16H31N3O4/c1-9(18-13(23)10(17)8-11(20)21)12(22)19-14(15(2,3)4)16(5,6)7/h9-10,14H,8,17H2,1-7H3,(H,18,23)(H,19,22)(H,20,21)/t9-,10-/m0/s1/i/hD. The van der Waals surface area contributed by atoms with Crippen LogP contribution in [0, 0.1) is 10.8 Å². The van der Waals surface area contributed by atoms with Crippen LogP contribution < -0.4 is 16.4 Å². The first-order valence-corrected chi connectivity index (χ1v) is 7.72. The number of nitrogens with one attached hydrogen (secondary N) is 2. The molecule has 0 aromatic rings. The van der Waals surface area contributed by atoms with Gasteiger partial charge in [0.2, 0.25) is 11.8 Å². The van der Waals surface area contributed by atoms with Gasteiger partial charge in [-0.25, -0.2) is 0 Å². The van der Waals surface area contributed by atoms with Crippen molar-refractivity contribution in [3.8, 4) is 0 Å². The number of hydrogen-bond donors (Lipinski definition) is 4. The number of carboxylic acid groups (broad SMARTS) is 1. The van der Waals surface area contributed by atoms with Crippen LogP contribution in [0.4, 0.5) is 0 Å². The second-order valence-corrected chi connectivity index (χ2v) is 8.09. The first-order chi connectivity index (χ1) is 10.7. The average Bonchev–Trinajstić information content (AvgIpc) is 2.41. The molecule has 2 atom stereocenters. The highest BCUT2D eigenvalue weighted by atomic mass is 16.4. The molecule has 0 aromatic heterocycles. The van der Waals surface area contributed by atoms with Gasteiger partial charge in [-0.1, -0.05) is 41.5 Å². The van der Waals surface area contributed by atoms with Gasteiger partial charge in [-0.05, 0) is 17.8 Å². The molecule has 0 bridgehead atoms. The summed E-state index contributed by atoms with van der Waals surface area (Å²) in [7, 11) is 0. The Morgan fingerprint density at radius 2 is 1.52 bits per heavy atom. The molecule has 0 heterocycles. The maximum atomic E-state index is 12.4. The third-order valence-electron chi connectivity index (χ3n) is 3.49. The molecular formula is C16H31N3O4. The lowest BCUT2D eigenvalue weighted by molar-refractivity contribution is -0.139. The van der Waals surface area contributed by atoms with E-state index in [0.717, 1.165) is 0 Å². The number of carboxylic acids is 1. The Labute approximate surface area is 139 Å². The van der Waals surface area contributed by atoms with Crippen LogP contribution in [-0.2, 0) is 14.4 Å². The Balaban J connectivity index is 4.82. The normalized spacial score (nSPS) is 15.4. The molecule has 134 valence electrons. The van der Waals surface area contributed by atoms with Crippen molar-refractivity contribution in [2.75, 3.05) is 0 Å². The highest BCUT2D eigenvalue weighted by Gasteiger charge is 2.37. The topological polar surface area (TPSA) is 122 Å². The van der Waals surface area contributed by atoms with Gasteiger partial charge in [-0.3, -0.25) is 14.4 Å². The van der Waals surface area contributed by atoms with Crippen molar-refractivity contribution in [3.05, 3.63) is 0 Å². The predicted molar refractivity (Wildman–Crippen MR) is 88.7 cm³/mol. The number of nitrogens with two attached hydrogens (primary N) is 1. The van der Waals surface area contributed by atoms with Crippen LogP contribution in [0.15, 0.2) is 0 Å². The Morgan fingerprint density at radius 3 is 1.91 bits per heavy atom. The Morgan fingerprint density at radius 1 is 1.04 bits per heavy atom. The van der Waals surface area contributed by atoms with Gasteiger partial charge in [-0.2, -0.15) is 0 Å². The zero-order valence-electron chi connectivity index (χ0n) is 16.1. The lowest BCUT2D eigenvalue weighted by atomic mass is 9.72. The fraction of sp³-hybridized carbons (Fsp3) is 0.812. The van der Waals surface area contributed by atoms with Gasteiger partial charge in [0.15, 0.2) is 0 Å². The van der Waals surface area contributed by atoms with Crippen LogP contribution >= 0.6 is 0 Å². The van der Waals surface area contributed by atoms with Crippen molar-refractivity contribution < 1.29 is 19.5 Å². The van der Waals surface area contributed by atoms with Crippen LogP contribution in [0.1, 0.15) is 54.9 Å². The van der Waals surface area contributed by atoms with Crippen LogP contribution in [-0.4, -0.2) is 41.0 Å². The molecule has 0 radical (unpaired) electrons. The zero-order valence-corrected chi connectivity index (χ0v) is 15.1. The summed E-state index contributed by atoms with van der Waals surface area (Å²) in [6.07, 6.45) is -0.420. The van der Waals surface area contributed by atoms with Crippen LogP contribution in [0.5, 0.6) is 0 Å². The van der Waals surface area contributed by atoms with E-state index in [1.165, 1.54) is 0 Å². The molecule has 0 aliphatic heterocycles. The molecule has 0 aliphatic carbocycles. The maximum Gasteiger partial charge on any atom is 0.305 e. The van der Waals surface area contributed by atoms with Crippen LogP contribution in [0.2, 0.25) is 0 Å². The third kappa shape index (κ3) is 7.45. The molecule has 0 aromatic carbocycles. The van der Waals surface area contributed by atoms with Gasteiger partial charge in [0.1, 0.15) is 6.04 Å². The lowest BCUT2D eigenvalue weighted by Gasteiger charge is -2.41. The van der Waals surface area contributed by atoms with Gasteiger partial charge in [-0.15, -0.1) is 0 Å². The van der Waals surface area contributed by atoms with E-state index in [1.54, 1.807) is 6.92 Å². The Hall–Kier alpha value is -1.63. The largest absolute Gasteiger partial charge is 0.481 e. The smallest absolute Gasteiger partial charge is 0.305 e. The average molecular weight is 330 g/mol. The lowest BCUT2D eigenvalue weighted by Crippen LogP contribution is -2.57. The van der Waals surface area contributed by atoms with Gasteiger partial charge < -0.3 is 21.5 Å². The molecule has 0 spiro atoms. The summed E-state index contributed by atoms with van der Waals surface area (Å²) in [5.74, 6) is -1.88. The third-order valence-corrected chi connectivity index (χ3v) is 3.49. The summed E-state index contributed by atoms with van der Waals surface area (Å²) in [6, 6.07) is -2.08. The quantitative estimate of drug-likeness (QED) is 0.576. The maximum absolute atomic E-state index is 12.4. The van der Waals surface area contributed by atoms with Crippen molar-refractivity contribution in [3.63, 3.8) is 0 Å². The monoisotopic (exact) mass is 330 g/mol. The SMILES string of the molecule is [2H]OC(=O)C[C@H](N)C(=O)N[C@@H](C)C(=O)NC(C(C)(C)C)C(C)(C)C. The first kappa shape index (κ1) is 19.4. The minimum absolute atomic E-state index is 0.108. The molecule has 0 fully saturated rings. The summed E-state index contributed by atoms with van der Waals surface area (Å²) in [4.78, 5) is 35.3. The van der Waals surface area contributed by atoms with E-state index in [4.69, 9.17) is 7.16 Å². The van der Waals surface area contributed by atoms with Crippen molar-refractivity contribution in [2.45, 2.75) is 73.0 Å². The molecule has 23 heavy (non-hydrogen) atoms.